The molecule has 10 heteroatoms. The number of anilines is 4. The van der Waals surface area contributed by atoms with Crippen LogP contribution in [0.3, 0.4) is 0 Å². The van der Waals surface area contributed by atoms with Crippen LogP contribution in [0, 0.1) is 0 Å². The lowest BCUT2D eigenvalue weighted by Gasteiger charge is -2.14. The fourth-order valence-corrected chi connectivity index (χ4v) is 2.15. The van der Waals surface area contributed by atoms with Crippen LogP contribution < -0.4 is 21.3 Å². The zero-order valence-corrected chi connectivity index (χ0v) is 15.9. The Kier molecular flexibility index (Phi) is 8.36. The number of aliphatic hydroxyl groups is 1. The maximum atomic E-state index is 9.45. The van der Waals surface area contributed by atoms with Gasteiger partial charge in [-0.2, -0.15) is 9.97 Å². The molecule has 0 spiro atoms. The molecule has 0 saturated heterocycles. The Hall–Kier alpha value is -2.13. The number of aromatic nitrogens is 4. The summed E-state index contributed by atoms with van der Waals surface area (Å²) in [5.41, 5.74) is 1.29. The molecule has 0 aromatic carbocycles. The summed E-state index contributed by atoms with van der Waals surface area (Å²) in [5.74, 6) is 2.25. The third-order valence-corrected chi connectivity index (χ3v) is 3.12. The zero-order valence-electron chi connectivity index (χ0n) is 15.1. The SMILES string of the molecule is CCNc1nc(NCC)c2nc(NCC(C)O)nc(NCC)c2n1.Cl. The number of aliphatic hydroxyl groups excluding tert-OH is 1. The van der Waals surface area contributed by atoms with E-state index in [1.54, 1.807) is 6.92 Å². The smallest absolute Gasteiger partial charge is 0.225 e. The van der Waals surface area contributed by atoms with Crippen molar-refractivity contribution in [2.45, 2.75) is 33.8 Å². The molecular weight excluding hydrogens is 344 g/mol. The third kappa shape index (κ3) is 5.43. The van der Waals surface area contributed by atoms with E-state index < -0.39 is 6.10 Å². The summed E-state index contributed by atoms with van der Waals surface area (Å²) in [6, 6.07) is 0. The van der Waals surface area contributed by atoms with Crippen LogP contribution in [0.4, 0.5) is 23.5 Å². The largest absolute Gasteiger partial charge is 0.392 e. The van der Waals surface area contributed by atoms with Crippen molar-refractivity contribution in [2.75, 3.05) is 47.4 Å². The van der Waals surface area contributed by atoms with Gasteiger partial charge in [0.15, 0.2) is 11.6 Å². The Labute approximate surface area is 153 Å². The lowest BCUT2D eigenvalue weighted by molar-refractivity contribution is 0.208. The fraction of sp³-hybridized carbons (Fsp3) is 0.600. The quantitative estimate of drug-likeness (QED) is 0.450. The molecule has 5 N–H and O–H groups in total. The lowest BCUT2D eigenvalue weighted by Crippen LogP contribution is -2.18. The molecule has 25 heavy (non-hydrogen) atoms. The summed E-state index contributed by atoms with van der Waals surface area (Å²) >= 11 is 0. The van der Waals surface area contributed by atoms with Crippen LogP contribution in [0.15, 0.2) is 0 Å². The molecule has 0 aliphatic heterocycles. The fourth-order valence-electron chi connectivity index (χ4n) is 2.15. The van der Waals surface area contributed by atoms with Crippen molar-refractivity contribution < 1.29 is 5.11 Å². The van der Waals surface area contributed by atoms with E-state index in [2.05, 4.69) is 41.2 Å². The number of rotatable bonds is 9. The minimum Gasteiger partial charge on any atom is -0.392 e. The molecule has 2 aromatic heterocycles. The van der Waals surface area contributed by atoms with Gasteiger partial charge in [-0.1, -0.05) is 0 Å². The second-order valence-corrected chi connectivity index (χ2v) is 5.31. The lowest BCUT2D eigenvalue weighted by atomic mass is 10.3. The molecule has 0 saturated carbocycles. The number of nitrogens with zero attached hydrogens (tertiary/aromatic N) is 4. The number of hydrogen-bond acceptors (Lipinski definition) is 9. The minimum absolute atomic E-state index is 0. The second kappa shape index (κ2) is 10.00. The summed E-state index contributed by atoms with van der Waals surface area (Å²) in [7, 11) is 0. The Morgan fingerprint density at radius 1 is 0.760 bits per heavy atom. The number of hydrogen-bond donors (Lipinski definition) is 5. The molecule has 9 nitrogen and oxygen atoms in total. The monoisotopic (exact) mass is 370 g/mol. The average molecular weight is 371 g/mol. The second-order valence-electron chi connectivity index (χ2n) is 5.31. The summed E-state index contributed by atoms with van der Waals surface area (Å²) < 4.78 is 0. The molecule has 0 radical (unpaired) electrons. The van der Waals surface area contributed by atoms with Crippen molar-refractivity contribution in [3.8, 4) is 0 Å². The van der Waals surface area contributed by atoms with Gasteiger partial charge in [0.25, 0.3) is 0 Å². The molecule has 140 valence electrons. The zero-order chi connectivity index (χ0) is 17.5. The predicted octanol–water partition coefficient (Wildman–Crippen LogP) is 1.93. The minimum atomic E-state index is -0.493. The first-order valence-electron chi connectivity index (χ1n) is 8.32. The van der Waals surface area contributed by atoms with Gasteiger partial charge in [0, 0.05) is 26.2 Å². The van der Waals surface area contributed by atoms with Crippen LogP contribution in [0.5, 0.6) is 0 Å². The highest BCUT2D eigenvalue weighted by Gasteiger charge is 2.15. The summed E-state index contributed by atoms with van der Waals surface area (Å²) in [6.45, 7) is 10.2. The Morgan fingerprint density at radius 2 is 1.20 bits per heavy atom. The van der Waals surface area contributed by atoms with E-state index >= 15 is 0 Å². The van der Waals surface area contributed by atoms with Gasteiger partial charge in [-0.3, -0.25) is 0 Å². The predicted molar refractivity (Wildman–Crippen MR) is 105 cm³/mol. The van der Waals surface area contributed by atoms with Gasteiger partial charge in [-0.05, 0) is 27.7 Å². The molecule has 2 heterocycles. The molecule has 0 aliphatic carbocycles. The van der Waals surface area contributed by atoms with Gasteiger partial charge in [-0.25, -0.2) is 9.97 Å². The molecule has 1 unspecified atom stereocenters. The highest BCUT2D eigenvalue weighted by molar-refractivity contribution is 5.94. The third-order valence-electron chi connectivity index (χ3n) is 3.12. The van der Waals surface area contributed by atoms with Crippen molar-refractivity contribution in [3.63, 3.8) is 0 Å². The van der Waals surface area contributed by atoms with Crippen LogP contribution in [-0.4, -0.2) is 57.3 Å². The van der Waals surface area contributed by atoms with E-state index in [4.69, 9.17) is 0 Å². The van der Waals surface area contributed by atoms with Crippen molar-refractivity contribution in [2.24, 2.45) is 0 Å². The van der Waals surface area contributed by atoms with Crippen molar-refractivity contribution in [1.82, 2.24) is 19.9 Å². The van der Waals surface area contributed by atoms with Crippen molar-refractivity contribution in [3.05, 3.63) is 0 Å². The first-order chi connectivity index (χ1) is 11.6. The number of fused-ring (bicyclic) bond motifs is 1. The highest BCUT2D eigenvalue weighted by atomic mass is 35.5. The van der Waals surface area contributed by atoms with E-state index in [1.807, 2.05) is 20.8 Å². The Morgan fingerprint density at radius 3 is 1.60 bits per heavy atom. The number of halogens is 1. The van der Waals surface area contributed by atoms with Gasteiger partial charge in [0.1, 0.15) is 11.0 Å². The first kappa shape index (κ1) is 20.9. The van der Waals surface area contributed by atoms with Gasteiger partial charge in [-0.15, -0.1) is 12.4 Å². The molecule has 0 fully saturated rings. The van der Waals surface area contributed by atoms with E-state index in [0.717, 1.165) is 6.54 Å². The van der Waals surface area contributed by atoms with Gasteiger partial charge in [0.2, 0.25) is 11.9 Å². The summed E-state index contributed by atoms with van der Waals surface area (Å²) in [4.78, 5) is 18.0. The number of nitrogens with one attached hydrogen (secondary N) is 4. The Bertz CT molecular complexity index is 682. The molecule has 2 aromatic rings. The van der Waals surface area contributed by atoms with E-state index in [-0.39, 0.29) is 12.4 Å². The molecule has 0 bridgehead atoms. The summed E-state index contributed by atoms with van der Waals surface area (Å²) in [5, 5.41) is 22.1. The van der Waals surface area contributed by atoms with Gasteiger partial charge >= 0.3 is 0 Å². The highest BCUT2D eigenvalue weighted by Crippen LogP contribution is 2.26. The van der Waals surface area contributed by atoms with E-state index in [0.29, 0.717) is 54.2 Å². The Balaban J connectivity index is 0.00000312. The van der Waals surface area contributed by atoms with Crippen molar-refractivity contribution in [1.29, 1.82) is 0 Å². The van der Waals surface area contributed by atoms with Crippen LogP contribution in [0.1, 0.15) is 27.7 Å². The normalized spacial score (nSPS) is 11.6. The van der Waals surface area contributed by atoms with Crippen molar-refractivity contribution >= 4 is 47.0 Å². The van der Waals surface area contributed by atoms with Crippen LogP contribution in [0.25, 0.3) is 11.0 Å². The van der Waals surface area contributed by atoms with Gasteiger partial charge < -0.3 is 26.4 Å². The summed E-state index contributed by atoms with van der Waals surface area (Å²) in [6.07, 6.45) is -0.493. The van der Waals surface area contributed by atoms with E-state index in [9.17, 15) is 5.11 Å². The van der Waals surface area contributed by atoms with Crippen LogP contribution >= 0.6 is 12.4 Å². The topological polar surface area (TPSA) is 120 Å². The first-order valence-corrected chi connectivity index (χ1v) is 8.32. The van der Waals surface area contributed by atoms with Gasteiger partial charge in [0.05, 0.1) is 6.10 Å². The molecule has 2 rings (SSSR count). The average Bonchev–Trinajstić information content (AvgIpc) is 2.54. The van der Waals surface area contributed by atoms with Crippen LogP contribution in [0.2, 0.25) is 0 Å². The maximum absolute atomic E-state index is 9.45. The molecule has 1 atom stereocenters. The molecule has 0 amide bonds. The maximum Gasteiger partial charge on any atom is 0.225 e. The molecule has 0 aliphatic rings. The van der Waals surface area contributed by atoms with E-state index in [1.165, 1.54) is 0 Å². The van der Waals surface area contributed by atoms with Crippen LogP contribution in [-0.2, 0) is 0 Å². The molecular formula is C15H27ClN8O. The standard InChI is InChI=1S/C15H26N8O.ClH/c1-5-16-12-11-10(20-14(22-12)18-7-3)13(17-6-2)23-15(21-11)19-8-9(4)24;/h9,24H,5-8H2,1-4H3,(H2,16,18,20,22)(H2,17,19,21,23);1H.